The van der Waals surface area contributed by atoms with Crippen LogP contribution in [0.15, 0.2) is 10.5 Å². The summed E-state index contributed by atoms with van der Waals surface area (Å²) in [4.78, 5) is 84.6. The van der Waals surface area contributed by atoms with Crippen molar-refractivity contribution in [3.63, 3.8) is 0 Å². The van der Waals surface area contributed by atoms with Gasteiger partial charge in [0.25, 0.3) is 5.91 Å². The number of cyclic esters (lactones) is 1. The number of nitrogens with zero attached hydrogens (tertiary/aromatic N) is 3. The van der Waals surface area contributed by atoms with Crippen molar-refractivity contribution in [3.05, 3.63) is 11.1 Å². The summed E-state index contributed by atoms with van der Waals surface area (Å²) >= 11 is 0.932. The third-order valence-electron chi connectivity index (χ3n) is 5.99. The minimum Gasteiger partial charge on any atom is -0.478 e. The van der Waals surface area contributed by atoms with Gasteiger partial charge in [0.05, 0.1) is 19.1 Å². The maximum absolute atomic E-state index is 13.4. The first-order valence-corrected chi connectivity index (χ1v) is 15.0. The number of hydrogen-bond donors (Lipinski definition) is 5. The fourth-order valence-electron chi connectivity index (χ4n) is 3.78. The molecular weight excluding hydrogens is 630 g/mol. The Kier molecular flexibility index (Phi) is 10.7. The summed E-state index contributed by atoms with van der Waals surface area (Å²) in [6.07, 6.45) is -2.82. The van der Waals surface area contributed by atoms with E-state index in [1.165, 1.54) is 24.1 Å². The van der Waals surface area contributed by atoms with Crippen LogP contribution in [0, 0.1) is 0 Å². The molecule has 0 aromatic carbocycles. The molecule has 0 radical (unpaired) electrons. The van der Waals surface area contributed by atoms with Gasteiger partial charge >= 0.3 is 24.2 Å². The third-order valence-corrected chi connectivity index (χ3v) is 6.75. The molecule has 46 heavy (non-hydrogen) atoms. The summed E-state index contributed by atoms with van der Waals surface area (Å²) in [5, 5.41) is 24.7. The highest BCUT2D eigenvalue weighted by Crippen LogP contribution is 2.21. The number of anilines is 1. The molecule has 0 saturated carbocycles. The van der Waals surface area contributed by atoms with Gasteiger partial charge < -0.3 is 45.0 Å². The van der Waals surface area contributed by atoms with E-state index in [0.717, 1.165) is 11.3 Å². The Balaban J connectivity index is 1.68. The molecule has 3 heterocycles. The molecule has 5 amide bonds. The molecule has 2 aliphatic rings. The SMILES string of the molecule is CC(C)(C)OC(=O)NC[C@H]1CN(C[C@H]2NC(=O)[C@H]2NC(=O)C(=NOC(C)(C)C(=O)O)c2csc(NC(=O)OC(C)(C)C)n2)C(=O)O1. The Bertz CT molecular complexity index is 1400. The van der Waals surface area contributed by atoms with Crippen molar-refractivity contribution in [2.45, 2.75) is 90.4 Å². The van der Waals surface area contributed by atoms with E-state index in [4.69, 9.17) is 19.0 Å². The van der Waals surface area contributed by atoms with Crippen LogP contribution in [0.3, 0.4) is 0 Å². The van der Waals surface area contributed by atoms with Gasteiger partial charge in [0.2, 0.25) is 11.5 Å². The molecule has 0 bridgehead atoms. The number of alkyl carbamates (subject to hydrolysis) is 1. The van der Waals surface area contributed by atoms with Gasteiger partial charge in [-0.15, -0.1) is 11.3 Å². The second kappa shape index (κ2) is 13.8. The molecule has 0 spiro atoms. The van der Waals surface area contributed by atoms with E-state index in [1.807, 2.05) is 0 Å². The topological polar surface area (TPSA) is 236 Å². The average Bonchev–Trinajstić information content (AvgIpc) is 3.49. The van der Waals surface area contributed by atoms with Crippen LogP contribution in [0.2, 0.25) is 0 Å². The van der Waals surface area contributed by atoms with Gasteiger partial charge in [0.1, 0.15) is 29.0 Å². The standard InChI is InChI=1S/C27H39N7O11S/c1-25(2,3)43-22(39)28-9-13-10-34(24(41)42-13)11-14-16(18(35)29-14)31-19(36)17(33-45-27(7,8)20(37)38)15-12-46-21(30-15)32-23(40)44-26(4,5)6/h12-14,16H,9-11H2,1-8H3,(H,28,39)(H,29,35)(H,31,36)(H,37,38)(H,30,32,40)/t13-,14+,16-/m0/s1. The zero-order valence-corrected chi connectivity index (χ0v) is 27.5. The smallest absolute Gasteiger partial charge is 0.413 e. The van der Waals surface area contributed by atoms with E-state index in [-0.39, 0.29) is 30.5 Å². The van der Waals surface area contributed by atoms with Gasteiger partial charge in [-0.1, -0.05) is 5.16 Å². The Morgan fingerprint density at radius 2 is 1.72 bits per heavy atom. The lowest BCUT2D eigenvalue weighted by Gasteiger charge is -2.38. The predicted octanol–water partition coefficient (Wildman–Crippen LogP) is 1.40. The molecule has 0 unspecified atom stereocenters. The zero-order valence-electron chi connectivity index (χ0n) is 26.7. The normalized spacial score (nSPS) is 20.1. The highest BCUT2D eigenvalue weighted by atomic mass is 32.1. The molecule has 254 valence electrons. The molecule has 3 atom stereocenters. The first kappa shape index (κ1) is 35.8. The van der Waals surface area contributed by atoms with Crippen molar-refractivity contribution in [1.29, 1.82) is 0 Å². The number of carboxylic acid groups (broad SMARTS) is 1. The lowest BCUT2D eigenvalue weighted by atomic mass is 9.98. The van der Waals surface area contributed by atoms with Crippen molar-refractivity contribution in [1.82, 2.24) is 25.8 Å². The van der Waals surface area contributed by atoms with E-state index in [2.05, 4.69) is 31.4 Å². The van der Waals surface area contributed by atoms with E-state index >= 15 is 0 Å². The van der Waals surface area contributed by atoms with Crippen molar-refractivity contribution in [2.75, 3.05) is 25.0 Å². The number of carbonyl (C=O) groups is 6. The molecule has 2 aliphatic heterocycles. The molecule has 3 rings (SSSR count). The maximum atomic E-state index is 13.4. The summed E-state index contributed by atoms with van der Waals surface area (Å²) in [6.45, 7) is 12.7. The second-order valence-electron chi connectivity index (χ2n) is 12.9. The number of rotatable bonds is 11. The van der Waals surface area contributed by atoms with E-state index in [9.17, 15) is 33.9 Å². The second-order valence-corrected chi connectivity index (χ2v) is 13.7. The fourth-order valence-corrected chi connectivity index (χ4v) is 4.46. The number of carbonyl (C=O) groups excluding carboxylic acids is 5. The molecule has 18 nitrogen and oxygen atoms in total. The number of ether oxygens (including phenoxy) is 3. The van der Waals surface area contributed by atoms with Gasteiger partial charge in [-0.2, -0.15) is 0 Å². The number of nitrogens with one attached hydrogen (secondary N) is 4. The molecule has 2 saturated heterocycles. The Morgan fingerprint density at radius 1 is 1.09 bits per heavy atom. The number of carboxylic acids is 1. The van der Waals surface area contributed by atoms with Crippen molar-refractivity contribution in [3.8, 4) is 0 Å². The third kappa shape index (κ3) is 10.2. The molecule has 1 aromatic heterocycles. The molecule has 2 fully saturated rings. The minimum atomic E-state index is -1.83. The lowest BCUT2D eigenvalue weighted by molar-refractivity contribution is -0.161. The maximum Gasteiger partial charge on any atom is 0.413 e. The van der Waals surface area contributed by atoms with Crippen LogP contribution in [0.4, 0.5) is 19.5 Å². The van der Waals surface area contributed by atoms with Crippen LogP contribution < -0.4 is 21.3 Å². The van der Waals surface area contributed by atoms with E-state index < -0.39 is 76.8 Å². The number of aliphatic carboxylic acids is 1. The number of aromatic nitrogens is 1. The Hall–Kier alpha value is -4.68. The molecular formula is C27H39N7O11S. The van der Waals surface area contributed by atoms with Crippen LogP contribution >= 0.6 is 11.3 Å². The van der Waals surface area contributed by atoms with Crippen LogP contribution in [0.25, 0.3) is 0 Å². The summed E-state index contributed by atoms with van der Waals surface area (Å²) in [6, 6.07) is -1.84. The van der Waals surface area contributed by atoms with Crippen LogP contribution in [0.5, 0.6) is 0 Å². The van der Waals surface area contributed by atoms with Crippen molar-refractivity contribution < 1.29 is 52.9 Å². The van der Waals surface area contributed by atoms with Crippen LogP contribution in [-0.4, -0.2) is 111 Å². The summed E-state index contributed by atoms with van der Waals surface area (Å²) in [5.74, 6) is -2.86. The van der Waals surface area contributed by atoms with Gasteiger partial charge in [0, 0.05) is 11.9 Å². The fraction of sp³-hybridized carbons (Fsp3) is 0.630. The Labute approximate surface area is 268 Å². The summed E-state index contributed by atoms with van der Waals surface area (Å²) < 4.78 is 15.7. The average molecular weight is 670 g/mol. The van der Waals surface area contributed by atoms with E-state index in [0.29, 0.717) is 0 Å². The quantitative estimate of drug-likeness (QED) is 0.0973. The van der Waals surface area contributed by atoms with Crippen molar-refractivity contribution >= 4 is 58.2 Å². The van der Waals surface area contributed by atoms with Crippen LogP contribution in [0.1, 0.15) is 61.1 Å². The highest BCUT2D eigenvalue weighted by Gasteiger charge is 2.45. The molecule has 1 aromatic rings. The van der Waals surface area contributed by atoms with Crippen LogP contribution in [-0.2, 0) is 33.4 Å². The monoisotopic (exact) mass is 669 g/mol. The molecule has 0 aliphatic carbocycles. The van der Waals surface area contributed by atoms with Gasteiger partial charge in [0.15, 0.2) is 10.8 Å². The van der Waals surface area contributed by atoms with Gasteiger partial charge in [-0.25, -0.2) is 24.2 Å². The molecule has 5 N–H and O–H groups in total. The first-order valence-electron chi connectivity index (χ1n) is 14.1. The van der Waals surface area contributed by atoms with Crippen molar-refractivity contribution in [2.24, 2.45) is 5.16 Å². The first-order chi connectivity index (χ1) is 21.1. The summed E-state index contributed by atoms with van der Waals surface area (Å²) in [7, 11) is 0. The number of amides is 5. The summed E-state index contributed by atoms with van der Waals surface area (Å²) in [5.41, 5.74) is -3.88. The number of oxime groups is 1. The number of thiazole rings is 1. The number of hydrogen-bond acceptors (Lipinski definition) is 13. The minimum absolute atomic E-state index is 0.000721. The Morgan fingerprint density at radius 3 is 2.30 bits per heavy atom. The largest absolute Gasteiger partial charge is 0.478 e. The van der Waals surface area contributed by atoms with Gasteiger partial charge in [-0.05, 0) is 55.4 Å². The zero-order chi connectivity index (χ0) is 34.6. The molecule has 19 heteroatoms. The number of β-lactam (4-membered cyclic amide) rings is 1. The van der Waals surface area contributed by atoms with Gasteiger partial charge in [-0.3, -0.25) is 14.9 Å². The highest BCUT2D eigenvalue weighted by molar-refractivity contribution is 7.14. The lowest BCUT2D eigenvalue weighted by Crippen LogP contribution is -2.72. The van der Waals surface area contributed by atoms with E-state index in [1.54, 1.807) is 41.5 Å². The predicted molar refractivity (Wildman–Crippen MR) is 161 cm³/mol.